The fraction of sp³-hybridized carbons (Fsp3) is 0.909. The predicted octanol–water partition coefficient (Wildman–Crippen LogP) is 0.363. The summed E-state index contributed by atoms with van der Waals surface area (Å²) in [4.78, 5) is 14.3. The Kier molecular flexibility index (Phi) is 2.98. The Morgan fingerprint density at radius 2 is 2.07 bits per heavy atom. The van der Waals surface area contributed by atoms with E-state index in [1.165, 1.54) is 6.42 Å². The maximum absolute atomic E-state index is 12.3. The minimum atomic E-state index is -0.489. The van der Waals surface area contributed by atoms with Crippen LogP contribution in [0.15, 0.2) is 0 Å². The molecular formula is C11H20N2O2. The molecule has 0 spiro atoms. The summed E-state index contributed by atoms with van der Waals surface area (Å²) in [5.41, 5.74) is 5.46. The van der Waals surface area contributed by atoms with Crippen molar-refractivity contribution in [2.75, 3.05) is 26.3 Å². The van der Waals surface area contributed by atoms with Crippen molar-refractivity contribution < 1.29 is 9.53 Å². The zero-order valence-electron chi connectivity index (χ0n) is 9.37. The van der Waals surface area contributed by atoms with Crippen LogP contribution in [0.2, 0.25) is 0 Å². The van der Waals surface area contributed by atoms with Crippen molar-refractivity contribution in [1.29, 1.82) is 0 Å². The molecule has 0 saturated carbocycles. The van der Waals surface area contributed by atoms with Gasteiger partial charge in [-0.05, 0) is 26.2 Å². The van der Waals surface area contributed by atoms with E-state index in [9.17, 15) is 4.79 Å². The molecule has 2 fully saturated rings. The molecule has 4 nitrogen and oxygen atoms in total. The number of nitrogens with zero attached hydrogens (tertiary/aromatic N) is 1. The number of piperidine rings is 1. The van der Waals surface area contributed by atoms with E-state index in [4.69, 9.17) is 10.5 Å². The van der Waals surface area contributed by atoms with Crippen LogP contribution in [-0.2, 0) is 9.53 Å². The lowest BCUT2D eigenvalue weighted by Crippen LogP contribution is -2.52. The van der Waals surface area contributed by atoms with Gasteiger partial charge < -0.3 is 15.4 Å². The molecule has 2 unspecified atom stereocenters. The molecule has 0 bridgehead atoms. The second-order valence-electron chi connectivity index (χ2n) is 4.89. The third-order valence-electron chi connectivity index (χ3n) is 3.65. The van der Waals surface area contributed by atoms with Crippen molar-refractivity contribution in [2.45, 2.75) is 32.2 Å². The van der Waals surface area contributed by atoms with Crippen LogP contribution in [-0.4, -0.2) is 43.2 Å². The highest BCUT2D eigenvalue weighted by atomic mass is 16.5. The average molecular weight is 212 g/mol. The van der Waals surface area contributed by atoms with Crippen molar-refractivity contribution in [3.8, 4) is 0 Å². The Labute approximate surface area is 90.8 Å². The molecule has 2 atom stereocenters. The largest absolute Gasteiger partial charge is 0.379 e. The maximum atomic E-state index is 12.3. The first-order valence-electron chi connectivity index (χ1n) is 5.77. The van der Waals surface area contributed by atoms with Crippen LogP contribution in [0.4, 0.5) is 0 Å². The fourth-order valence-corrected chi connectivity index (χ4v) is 2.37. The van der Waals surface area contributed by atoms with E-state index < -0.39 is 5.41 Å². The van der Waals surface area contributed by atoms with Gasteiger partial charge in [-0.1, -0.05) is 0 Å². The summed E-state index contributed by atoms with van der Waals surface area (Å²) in [6.07, 6.45) is 3.48. The number of hydrogen-bond donors (Lipinski definition) is 1. The molecule has 2 saturated heterocycles. The Balaban J connectivity index is 2.05. The predicted molar refractivity (Wildman–Crippen MR) is 57.3 cm³/mol. The first-order chi connectivity index (χ1) is 7.14. The molecular weight excluding hydrogens is 192 g/mol. The molecule has 0 aromatic carbocycles. The monoisotopic (exact) mass is 212 g/mol. The van der Waals surface area contributed by atoms with Crippen molar-refractivity contribution in [2.24, 2.45) is 11.1 Å². The van der Waals surface area contributed by atoms with Crippen LogP contribution < -0.4 is 5.73 Å². The first kappa shape index (κ1) is 10.9. The highest BCUT2D eigenvalue weighted by Gasteiger charge is 2.46. The third-order valence-corrected chi connectivity index (χ3v) is 3.65. The van der Waals surface area contributed by atoms with Gasteiger partial charge >= 0.3 is 0 Å². The molecule has 2 N–H and O–H groups in total. The van der Waals surface area contributed by atoms with Crippen LogP contribution in [0.25, 0.3) is 0 Å². The van der Waals surface area contributed by atoms with Gasteiger partial charge in [-0.3, -0.25) is 4.79 Å². The van der Waals surface area contributed by atoms with E-state index in [1.807, 2.05) is 11.8 Å². The molecule has 0 aromatic heterocycles. The van der Waals surface area contributed by atoms with Gasteiger partial charge in [0, 0.05) is 19.1 Å². The number of ether oxygens (including phenoxy) is 1. The SMILES string of the molecule is CC1(C(=O)N2CCCCC2)COCC1N. The van der Waals surface area contributed by atoms with Crippen LogP contribution >= 0.6 is 0 Å². The molecule has 0 aromatic rings. The number of likely N-dealkylation sites (tertiary alicyclic amines) is 1. The topological polar surface area (TPSA) is 55.6 Å². The fourth-order valence-electron chi connectivity index (χ4n) is 2.37. The molecule has 2 aliphatic heterocycles. The molecule has 0 aliphatic carbocycles. The molecule has 86 valence electrons. The van der Waals surface area contributed by atoms with E-state index in [0.717, 1.165) is 25.9 Å². The van der Waals surface area contributed by atoms with Gasteiger partial charge in [0.25, 0.3) is 0 Å². The molecule has 2 heterocycles. The highest BCUT2D eigenvalue weighted by molar-refractivity contribution is 5.83. The van der Waals surface area contributed by atoms with Crippen LogP contribution in [0.3, 0.4) is 0 Å². The summed E-state index contributed by atoms with van der Waals surface area (Å²) < 4.78 is 5.31. The average Bonchev–Trinajstić information content (AvgIpc) is 2.61. The minimum absolute atomic E-state index is 0.146. The quantitative estimate of drug-likeness (QED) is 0.683. The first-order valence-corrected chi connectivity index (χ1v) is 5.77. The smallest absolute Gasteiger partial charge is 0.232 e. The van der Waals surface area contributed by atoms with Crippen LogP contribution in [0.5, 0.6) is 0 Å². The van der Waals surface area contributed by atoms with Gasteiger partial charge in [-0.2, -0.15) is 0 Å². The molecule has 0 radical (unpaired) electrons. The summed E-state index contributed by atoms with van der Waals surface area (Å²) >= 11 is 0. The number of carbonyl (C=O) groups is 1. The minimum Gasteiger partial charge on any atom is -0.379 e. The normalized spacial score (nSPS) is 36.9. The van der Waals surface area contributed by atoms with E-state index in [1.54, 1.807) is 0 Å². The Morgan fingerprint density at radius 1 is 1.40 bits per heavy atom. The standard InChI is InChI=1S/C11H20N2O2/c1-11(8-15-7-9(11)12)10(14)13-5-3-2-4-6-13/h9H,2-8,12H2,1H3. The van der Waals surface area contributed by atoms with Gasteiger partial charge in [-0.15, -0.1) is 0 Å². The van der Waals surface area contributed by atoms with Crippen molar-refractivity contribution in [1.82, 2.24) is 4.90 Å². The highest BCUT2D eigenvalue weighted by Crippen LogP contribution is 2.30. The van der Waals surface area contributed by atoms with Gasteiger partial charge in [0.2, 0.25) is 5.91 Å². The summed E-state index contributed by atoms with van der Waals surface area (Å²) in [5.74, 6) is 0.187. The van der Waals surface area contributed by atoms with Crippen LogP contribution in [0, 0.1) is 5.41 Å². The third kappa shape index (κ3) is 1.88. The molecule has 2 aliphatic rings. The van der Waals surface area contributed by atoms with Crippen molar-refractivity contribution in [3.05, 3.63) is 0 Å². The second-order valence-corrected chi connectivity index (χ2v) is 4.89. The van der Waals surface area contributed by atoms with Crippen molar-refractivity contribution >= 4 is 5.91 Å². The summed E-state index contributed by atoms with van der Waals surface area (Å²) in [5, 5.41) is 0. The van der Waals surface area contributed by atoms with Crippen LogP contribution in [0.1, 0.15) is 26.2 Å². The maximum Gasteiger partial charge on any atom is 0.232 e. The van der Waals surface area contributed by atoms with E-state index >= 15 is 0 Å². The van der Waals surface area contributed by atoms with E-state index in [2.05, 4.69) is 0 Å². The Morgan fingerprint density at radius 3 is 2.60 bits per heavy atom. The van der Waals surface area contributed by atoms with Gasteiger partial charge in [-0.25, -0.2) is 0 Å². The lowest BCUT2D eigenvalue weighted by Gasteiger charge is -2.35. The Hall–Kier alpha value is -0.610. The zero-order chi connectivity index (χ0) is 10.9. The van der Waals surface area contributed by atoms with Gasteiger partial charge in [0.1, 0.15) is 0 Å². The number of hydrogen-bond acceptors (Lipinski definition) is 3. The number of rotatable bonds is 1. The number of carbonyl (C=O) groups excluding carboxylic acids is 1. The molecule has 4 heteroatoms. The molecule has 2 rings (SSSR count). The van der Waals surface area contributed by atoms with Gasteiger partial charge in [0.15, 0.2) is 0 Å². The zero-order valence-corrected chi connectivity index (χ0v) is 9.37. The lowest BCUT2D eigenvalue weighted by molar-refractivity contribution is -0.142. The second kappa shape index (κ2) is 4.10. The summed E-state index contributed by atoms with van der Waals surface area (Å²) in [7, 11) is 0. The van der Waals surface area contributed by atoms with Gasteiger partial charge in [0.05, 0.1) is 18.6 Å². The molecule has 1 amide bonds. The lowest BCUT2D eigenvalue weighted by atomic mass is 9.84. The number of nitrogens with two attached hydrogens (primary N) is 1. The van der Waals surface area contributed by atoms with E-state index in [-0.39, 0.29) is 11.9 Å². The Bertz CT molecular complexity index is 251. The summed E-state index contributed by atoms with van der Waals surface area (Å²) in [6.45, 7) is 4.70. The van der Waals surface area contributed by atoms with Crippen molar-refractivity contribution in [3.63, 3.8) is 0 Å². The number of amides is 1. The van der Waals surface area contributed by atoms with E-state index in [0.29, 0.717) is 13.2 Å². The summed E-state index contributed by atoms with van der Waals surface area (Å²) in [6, 6.07) is -0.146. The molecule has 15 heavy (non-hydrogen) atoms.